The van der Waals surface area contributed by atoms with E-state index in [0.717, 1.165) is 59.7 Å². The Balaban J connectivity index is 1.27. The molecule has 9 heteroatoms. The van der Waals surface area contributed by atoms with Gasteiger partial charge in [0.15, 0.2) is 0 Å². The number of amidine groups is 1. The van der Waals surface area contributed by atoms with Crippen molar-refractivity contribution in [3.05, 3.63) is 53.1 Å². The van der Waals surface area contributed by atoms with Crippen LogP contribution in [0.1, 0.15) is 12.5 Å². The number of piperazine rings is 1. The van der Waals surface area contributed by atoms with Crippen LogP contribution in [-0.2, 0) is 19.0 Å². The lowest BCUT2D eigenvalue weighted by Crippen LogP contribution is -2.49. The van der Waals surface area contributed by atoms with E-state index in [4.69, 9.17) is 30.8 Å². The predicted molar refractivity (Wildman–Crippen MR) is 134 cm³/mol. The molecule has 4 rings (SSSR count). The summed E-state index contributed by atoms with van der Waals surface area (Å²) in [5.74, 6) is 0.648. The maximum atomic E-state index is 11.2. The molecular weight excluding hydrogens is 474 g/mol. The number of ether oxygens (including phenoxy) is 3. The zero-order valence-corrected chi connectivity index (χ0v) is 20.9. The molecule has 1 fully saturated rings. The molecule has 2 aromatic carbocycles. The van der Waals surface area contributed by atoms with Crippen LogP contribution in [-0.4, -0.2) is 87.4 Å². The molecule has 2 aromatic rings. The first-order valence-electron chi connectivity index (χ1n) is 11.6. The molecule has 0 amide bonds. The molecule has 1 saturated heterocycles. The number of benzene rings is 2. The molecule has 0 N–H and O–H groups in total. The van der Waals surface area contributed by atoms with Crippen molar-refractivity contribution >= 4 is 40.9 Å². The molecule has 0 aromatic heterocycles. The van der Waals surface area contributed by atoms with Gasteiger partial charge in [-0.15, -0.1) is 0 Å². The average molecular weight is 504 g/mol. The smallest absolute Gasteiger partial charge is 0.332 e. The third-order valence-corrected chi connectivity index (χ3v) is 6.99. The quantitative estimate of drug-likeness (QED) is 0.377. The second kappa shape index (κ2) is 12.6. The summed E-state index contributed by atoms with van der Waals surface area (Å²) in [6.45, 7) is 8.10. The van der Waals surface area contributed by atoms with Crippen LogP contribution < -0.4 is 0 Å². The minimum atomic E-state index is -0.342. The van der Waals surface area contributed by atoms with Crippen LogP contribution in [0.2, 0.25) is 5.02 Å². The van der Waals surface area contributed by atoms with Gasteiger partial charge in [0.05, 0.1) is 32.1 Å². The Morgan fingerprint density at radius 2 is 1.82 bits per heavy atom. The molecule has 0 saturated carbocycles. The number of fused-ring (bicyclic) bond motifs is 2. The zero-order chi connectivity index (χ0) is 23.8. The first kappa shape index (κ1) is 25.0. The van der Waals surface area contributed by atoms with E-state index in [1.165, 1.54) is 4.90 Å². The number of aliphatic imine (C=N–C) groups is 1. The lowest BCUT2D eigenvalue weighted by molar-refractivity contribution is -0.148. The van der Waals surface area contributed by atoms with E-state index in [9.17, 15) is 4.79 Å². The van der Waals surface area contributed by atoms with Crippen LogP contribution in [0.4, 0.5) is 5.69 Å². The molecule has 0 aliphatic carbocycles. The van der Waals surface area contributed by atoms with Crippen molar-refractivity contribution in [1.82, 2.24) is 9.80 Å². The Labute approximate surface area is 210 Å². The minimum absolute atomic E-state index is 0.0274. The third-order valence-electron chi connectivity index (χ3n) is 5.61. The number of nitrogens with zero attached hydrogens (tertiary/aromatic N) is 3. The van der Waals surface area contributed by atoms with Gasteiger partial charge in [0, 0.05) is 53.1 Å². The van der Waals surface area contributed by atoms with Gasteiger partial charge < -0.3 is 19.1 Å². The van der Waals surface area contributed by atoms with Gasteiger partial charge >= 0.3 is 5.97 Å². The van der Waals surface area contributed by atoms with Crippen molar-refractivity contribution in [2.24, 2.45) is 4.99 Å². The zero-order valence-electron chi connectivity index (χ0n) is 19.4. The molecule has 2 aliphatic rings. The number of carbonyl (C=O) groups is 1. The predicted octanol–water partition coefficient (Wildman–Crippen LogP) is 4.10. The van der Waals surface area contributed by atoms with E-state index >= 15 is 0 Å². The van der Waals surface area contributed by atoms with Crippen LogP contribution in [0.3, 0.4) is 0 Å². The van der Waals surface area contributed by atoms with Crippen LogP contribution in [0.5, 0.6) is 0 Å². The van der Waals surface area contributed by atoms with E-state index in [1.54, 1.807) is 18.7 Å². The highest BCUT2D eigenvalue weighted by Gasteiger charge is 2.25. The fraction of sp³-hybridized carbons (Fsp3) is 0.440. The fourth-order valence-corrected chi connectivity index (χ4v) is 5.06. The molecule has 0 spiro atoms. The van der Waals surface area contributed by atoms with Crippen molar-refractivity contribution in [3.63, 3.8) is 0 Å². The molecule has 0 radical (unpaired) electrons. The van der Waals surface area contributed by atoms with E-state index in [2.05, 4.69) is 34.1 Å². The second-order valence-electron chi connectivity index (χ2n) is 7.94. The van der Waals surface area contributed by atoms with E-state index in [0.29, 0.717) is 26.4 Å². The number of hydrogen-bond acceptors (Lipinski definition) is 8. The molecular formula is C25H30ClN3O4S. The molecule has 182 valence electrons. The van der Waals surface area contributed by atoms with E-state index < -0.39 is 0 Å². The van der Waals surface area contributed by atoms with Crippen molar-refractivity contribution in [2.75, 3.05) is 65.8 Å². The van der Waals surface area contributed by atoms with E-state index in [1.807, 2.05) is 18.2 Å². The molecule has 2 aliphatic heterocycles. The topological polar surface area (TPSA) is 63.6 Å². The van der Waals surface area contributed by atoms with Crippen LogP contribution in [0.15, 0.2) is 57.2 Å². The maximum Gasteiger partial charge on any atom is 0.332 e. The Morgan fingerprint density at radius 1 is 1.03 bits per heavy atom. The number of esters is 1. The fourth-order valence-electron chi connectivity index (χ4n) is 3.89. The number of halogens is 1. The normalized spacial score (nSPS) is 15.8. The highest BCUT2D eigenvalue weighted by molar-refractivity contribution is 7.99. The Bertz CT molecular complexity index is 1010. The van der Waals surface area contributed by atoms with Gasteiger partial charge in [0.1, 0.15) is 12.4 Å². The third kappa shape index (κ3) is 6.73. The Morgan fingerprint density at radius 3 is 2.65 bits per heavy atom. The molecule has 0 unspecified atom stereocenters. The van der Waals surface area contributed by atoms with E-state index in [-0.39, 0.29) is 12.6 Å². The van der Waals surface area contributed by atoms with Crippen LogP contribution in [0, 0.1) is 0 Å². The summed E-state index contributed by atoms with van der Waals surface area (Å²) in [6, 6.07) is 14.3. The SMILES string of the molecule is CCOC(=O)COCCOCCN1CCN(C2=Nc3ccccc3Sc3ccc(Cl)cc32)CC1. The summed E-state index contributed by atoms with van der Waals surface area (Å²) < 4.78 is 15.7. The van der Waals surface area contributed by atoms with Gasteiger partial charge in [-0.3, -0.25) is 4.90 Å². The number of carbonyl (C=O) groups excluding carboxylic acids is 1. The van der Waals surface area contributed by atoms with Crippen molar-refractivity contribution in [1.29, 1.82) is 0 Å². The average Bonchev–Trinajstić information content (AvgIpc) is 3.00. The highest BCUT2D eigenvalue weighted by atomic mass is 35.5. The summed E-state index contributed by atoms with van der Waals surface area (Å²) in [5.41, 5.74) is 2.09. The van der Waals surface area contributed by atoms with Crippen molar-refractivity contribution < 1.29 is 19.0 Å². The van der Waals surface area contributed by atoms with Gasteiger partial charge in [-0.25, -0.2) is 9.79 Å². The summed E-state index contributed by atoms with van der Waals surface area (Å²) in [7, 11) is 0. The summed E-state index contributed by atoms with van der Waals surface area (Å²) >= 11 is 8.10. The van der Waals surface area contributed by atoms with Crippen LogP contribution in [0.25, 0.3) is 0 Å². The van der Waals surface area contributed by atoms with Gasteiger partial charge in [0.2, 0.25) is 0 Å². The number of para-hydroxylation sites is 1. The Hall–Kier alpha value is -2.10. The number of hydrogen-bond donors (Lipinski definition) is 0. The summed E-state index contributed by atoms with van der Waals surface area (Å²) in [4.78, 5) is 23.4. The summed E-state index contributed by atoms with van der Waals surface area (Å²) in [6.07, 6.45) is 0. The molecule has 0 bridgehead atoms. The molecule has 34 heavy (non-hydrogen) atoms. The molecule has 7 nitrogen and oxygen atoms in total. The standard InChI is InChI=1S/C25H30ClN3O4S/c1-2-33-24(30)18-32-16-15-31-14-13-28-9-11-29(12-10-28)25-20-17-19(26)7-8-22(20)34-23-6-4-3-5-21(23)27-25/h3-8,17H,2,9-16,18H2,1H3. The lowest BCUT2D eigenvalue weighted by atomic mass is 10.1. The first-order valence-corrected chi connectivity index (χ1v) is 12.8. The largest absolute Gasteiger partial charge is 0.464 e. The Kier molecular flexibility index (Phi) is 9.24. The minimum Gasteiger partial charge on any atom is -0.464 e. The van der Waals surface area contributed by atoms with Gasteiger partial charge in [-0.05, 0) is 37.3 Å². The van der Waals surface area contributed by atoms with Crippen molar-refractivity contribution in [2.45, 2.75) is 16.7 Å². The second-order valence-corrected chi connectivity index (χ2v) is 9.46. The van der Waals surface area contributed by atoms with Gasteiger partial charge in [0.25, 0.3) is 0 Å². The lowest BCUT2D eigenvalue weighted by Gasteiger charge is -2.36. The molecule has 0 atom stereocenters. The molecule has 2 heterocycles. The maximum absolute atomic E-state index is 11.2. The van der Waals surface area contributed by atoms with Gasteiger partial charge in [-0.2, -0.15) is 0 Å². The summed E-state index contributed by atoms with van der Waals surface area (Å²) in [5, 5.41) is 0.722. The number of rotatable bonds is 9. The van der Waals surface area contributed by atoms with Gasteiger partial charge in [-0.1, -0.05) is 35.5 Å². The van der Waals surface area contributed by atoms with Crippen molar-refractivity contribution in [3.8, 4) is 0 Å². The highest BCUT2D eigenvalue weighted by Crippen LogP contribution is 2.41. The monoisotopic (exact) mass is 503 g/mol. The van der Waals surface area contributed by atoms with Crippen LogP contribution >= 0.6 is 23.4 Å². The first-order chi connectivity index (χ1) is 16.6.